The van der Waals surface area contributed by atoms with Crippen molar-refractivity contribution in [2.45, 2.75) is 51.0 Å². The SMILES string of the molecule is CSCCC(=O)N(C)[C@H](Cc1ccccc1F)C1CCN(C(=O)C2=CCCC2)CC1. The zero-order chi connectivity index (χ0) is 21.5. The Morgan fingerprint density at radius 3 is 2.63 bits per heavy atom. The quantitative estimate of drug-likeness (QED) is 0.615. The van der Waals surface area contributed by atoms with Crippen molar-refractivity contribution >= 4 is 23.6 Å². The number of piperidine rings is 1. The number of carbonyl (C=O) groups excluding carboxylic acids is 2. The van der Waals surface area contributed by atoms with E-state index in [4.69, 9.17) is 0 Å². The molecule has 164 valence electrons. The van der Waals surface area contributed by atoms with Gasteiger partial charge in [0, 0.05) is 43.9 Å². The Morgan fingerprint density at radius 2 is 2.00 bits per heavy atom. The molecule has 6 heteroatoms. The number of hydrogen-bond acceptors (Lipinski definition) is 3. The predicted molar refractivity (Wildman–Crippen MR) is 121 cm³/mol. The zero-order valence-corrected chi connectivity index (χ0v) is 18.9. The third-order valence-electron chi connectivity index (χ3n) is 6.48. The molecule has 0 spiro atoms. The van der Waals surface area contributed by atoms with Crippen molar-refractivity contribution in [2.75, 3.05) is 32.1 Å². The van der Waals surface area contributed by atoms with Crippen molar-refractivity contribution in [3.05, 3.63) is 47.3 Å². The molecule has 4 nitrogen and oxygen atoms in total. The molecule has 0 unspecified atom stereocenters. The molecule has 1 aliphatic carbocycles. The van der Waals surface area contributed by atoms with Crippen molar-refractivity contribution in [1.82, 2.24) is 9.80 Å². The van der Waals surface area contributed by atoms with Crippen LogP contribution in [0.25, 0.3) is 0 Å². The molecule has 0 radical (unpaired) electrons. The number of carbonyl (C=O) groups is 2. The average molecular weight is 433 g/mol. The molecule has 1 aromatic rings. The van der Waals surface area contributed by atoms with Crippen LogP contribution in [0.3, 0.4) is 0 Å². The van der Waals surface area contributed by atoms with E-state index >= 15 is 0 Å². The van der Waals surface area contributed by atoms with Crippen LogP contribution in [0.2, 0.25) is 0 Å². The summed E-state index contributed by atoms with van der Waals surface area (Å²) in [7, 11) is 1.86. The number of amides is 2. The molecule has 1 saturated heterocycles. The van der Waals surface area contributed by atoms with E-state index in [2.05, 4.69) is 6.08 Å². The van der Waals surface area contributed by atoms with Crippen molar-refractivity contribution < 1.29 is 14.0 Å². The summed E-state index contributed by atoms with van der Waals surface area (Å²) >= 11 is 1.66. The van der Waals surface area contributed by atoms with Gasteiger partial charge in [-0.3, -0.25) is 9.59 Å². The summed E-state index contributed by atoms with van der Waals surface area (Å²) in [6.07, 6.45) is 9.74. The maximum absolute atomic E-state index is 14.4. The fourth-order valence-corrected chi connectivity index (χ4v) is 4.99. The summed E-state index contributed by atoms with van der Waals surface area (Å²) < 4.78 is 14.4. The molecule has 0 bridgehead atoms. The average Bonchev–Trinajstić information content (AvgIpc) is 3.31. The summed E-state index contributed by atoms with van der Waals surface area (Å²) in [6, 6.07) is 6.79. The highest BCUT2D eigenvalue weighted by Crippen LogP contribution is 2.29. The molecule has 0 saturated carbocycles. The van der Waals surface area contributed by atoms with E-state index in [1.54, 1.807) is 17.8 Å². The highest BCUT2D eigenvalue weighted by molar-refractivity contribution is 7.98. The van der Waals surface area contributed by atoms with Crippen LogP contribution in [0.4, 0.5) is 4.39 Å². The Labute approximate surface area is 183 Å². The number of rotatable bonds is 8. The van der Waals surface area contributed by atoms with E-state index < -0.39 is 0 Å². The summed E-state index contributed by atoms with van der Waals surface area (Å²) in [4.78, 5) is 29.3. The maximum atomic E-state index is 14.4. The second kappa shape index (κ2) is 11.0. The van der Waals surface area contributed by atoms with E-state index in [9.17, 15) is 14.0 Å². The number of hydrogen-bond donors (Lipinski definition) is 0. The first kappa shape index (κ1) is 22.9. The Balaban J connectivity index is 1.69. The van der Waals surface area contributed by atoms with Crippen LogP contribution in [0, 0.1) is 11.7 Å². The minimum atomic E-state index is -0.215. The largest absolute Gasteiger partial charge is 0.342 e. The van der Waals surface area contributed by atoms with Gasteiger partial charge in [-0.15, -0.1) is 0 Å². The number of halogens is 1. The van der Waals surface area contributed by atoms with E-state index in [-0.39, 0.29) is 29.6 Å². The summed E-state index contributed by atoms with van der Waals surface area (Å²) in [5, 5.41) is 0. The molecule has 30 heavy (non-hydrogen) atoms. The first-order chi connectivity index (χ1) is 14.5. The van der Waals surface area contributed by atoms with Gasteiger partial charge in [-0.1, -0.05) is 24.3 Å². The Hall–Kier alpha value is -1.82. The number of likely N-dealkylation sites (tertiary alicyclic amines) is 1. The van der Waals surface area contributed by atoms with E-state index in [1.807, 2.05) is 35.2 Å². The van der Waals surface area contributed by atoms with Gasteiger partial charge in [0.2, 0.25) is 11.8 Å². The van der Waals surface area contributed by atoms with Gasteiger partial charge in [0.25, 0.3) is 0 Å². The van der Waals surface area contributed by atoms with E-state index in [0.29, 0.717) is 31.5 Å². The maximum Gasteiger partial charge on any atom is 0.249 e. The molecule has 1 fully saturated rings. The molecule has 1 aliphatic heterocycles. The van der Waals surface area contributed by atoms with Crippen molar-refractivity contribution in [2.24, 2.45) is 5.92 Å². The second-order valence-corrected chi connectivity index (χ2v) is 9.35. The van der Waals surface area contributed by atoms with Crippen LogP contribution >= 0.6 is 11.8 Å². The molecule has 0 N–H and O–H groups in total. The first-order valence-electron chi connectivity index (χ1n) is 11.0. The van der Waals surface area contributed by atoms with Gasteiger partial charge in [0.05, 0.1) is 0 Å². The zero-order valence-electron chi connectivity index (χ0n) is 18.1. The monoisotopic (exact) mass is 432 g/mol. The standard InChI is InChI=1S/C24H33FN2O2S/c1-26(23(28)13-16-30-2)22(17-20-9-5-6-10-21(20)25)18-11-14-27(15-12-18)24(29)19-7-3-4-8-19/h5-7,9-10,18,22H,3-4,8,11-17H2,1-2H3/t22-/m1/s1. The van der Waals surface area contributed by atoms with Gasteiger partial charge in [-0.05, 0) is 62.3 Å². The first-order valence-corrected chi connectivity index (χ1v) is 12.4. The van der Waals surface area contributed by atoms with Gasteiger partial charge in [0.15, 0.2) is 0 Å². The Kier molecular flexibility index (Phi) is 8.37. The van der Waals surface area contributed by atoms with Gasteiger partial charge < -0.3 is 9.80 Å². The smallest absolute Gasteiger partial charge is 0.249 e. The summed E-state index contributed by atoms with van der Waals surface area (Å²) in [5.41, 5.74) is 1.61. The van der Waals surface area contributed by atoms with Gasteiger partial charge >= 0.3 is 0 Å². The number of benzene rings is 1. The number of nitrogens with zero attached hydrogens (tertiary/aromatic N) is 2. The molecular weight excluding hydrogens is 399 g/mol. The fraction of sp³-hybridized carbons (Fsp3) is 0.583. The molecule has 0 aromatic heterocycles. The topological polar surface area (TPSA) is 40.6 Å². The van der Waals surface area contributed by atoms with Gasteiger partial charge in [-0.25, -0.2) is 4.39 Å². The molecule has 1 aromatic carbocycles. The van der Waals surface area contributed by atoms with Crippen molar-refractivity contribution in [3.63, 3.8) is 0 Å². The number of thioether (sulfide) groups is 1. The minimum Gasteiger partial charge on any atom is -0.342 e. The third kappa shape index (κ3) is 5.65. The predicted octanol–water partition coefficient (Wildman–Crippen LogP) is 4.30. The van der Waals surface area contributed by atoms with Gasteiger partial charge in [0.1, 0.15) is 5.82 Å². The molecule has 1 heterocycles. The minimum absolute atomic E-state index is 0.0563. The van der Waals surface area contributed by atoms with Gasteiger partial charge in [-0.2, -0.15) is 11.8 Å². The summed E-state index contributed by atoms with van der Waals surface area (Å²) in [5.74, 6) is 1.13. The van der Waals surface area contributed by atoms with E-state index in [0.717, 1.165) is 43.4 Å². The van der Waals surface area contributed by atoms with Crippen LogP contribution in [0.5, 0.6) is 0 Å². The van der Waals surface area contributed by atoms with Crippen LogP contribution in [-0.2, 0) is 16.0 Å². The molecule has 1 atom stereocenters. The van der Waals surface area contributed by atoms with Crippen molar-refractivity contribution in [3.8, 4) is 0 Å². The molecule has 2 aliphatic rings. The lowest BCUT2D eigenvalue weighted by Crippen LogP contribution is -2.48. The fourth-order valence-electron chi connectivity index (χ4n) is 4.62. The van der Waals surface area contributed by atoms with Crippen LogP contribution in [0.15, 0.2) is 35.9 Å². The van der Waals surface area contributed by atoms with Crippen molar-refractivity contribution in [1.29, 1.82) is 0 Å². The second-order valence-electron chi connectivity index (χ2n) is 8.36. The normalized spacial score (nSPS) is 18.2. The lowest BCUT2D eigenvalue weighted by atomic mass is 9.84. The van der Waals surface area contributed by atoms with Crippen LogP contribution in [0.1, 0.15) is 44.1 Å². The lowest BCUT2D eigenvalue weighted by Gasteiger charge is -2.40. The highest BCUT2D eigenvalue weighted by Gasteiger charge is 2.33. The Morgan fingerprint density at radius 1 is 1.27 bits per heavy atom. The van der Waals surface area contributed by atoms with E-state index in [1.165, 1.54) is 6.07 Å². The molecule has 3 rings (SSSR count). The molecular formula is C24H33FN2O2S. The van der Waals surface area contributed by atoms with Crippen LogP contribution in [-0.4, -0.2) is 59.8 Å². The number of allylic oxidation sites excluding steroid dienone is 1. The van der Waals surface area contributed by atoms with Crippen LogP contribution < -0.4 is 0 Å². The lowest BCUT2D eigenvalue weighted by molar-refractivity contribution is -0.134. The summed E-state index contributed by atoms with van der Waals surface area (Å²) in [6.45, 7) is 1.42. The number of likely N-dealkylation sites (N-methyl/N-ethyl adjacent to an activating group) is 1. The third-order valence-corrected chi connectivity index (χ3v) is 7.10. The Bertz CT molecular complexity index is 774. The molecule has 2 amide bonds. The highest BCUT2D eigenvalue weighted by atomic mass is 32.2.